The first-order valence-corrected chi connectivity index (χ1v) is 32.5. The summed E-state index contributed by atoms with van der Waals surface area (Å²) in [5, 5.41) is 0. The lowest BCUT2D eigenvalue weighted by atomic mass is 10.1. The molecular weight excluding hydrogens is 961 g/mol. The second kappa shape index (κ2) is 65.3. The molecule has 444 valence electrons. The van der Waals surface area contributed by atoms with Crippen LogP contribution in [-0.2, 0) is 28.6 Å². The Bertz CT molecular complexity index is 1620. The van der Waals surface area contributed by atoms with Gasteiger partial charge in [0.25, 0.3) is 0 Å². The Morgan fingerprint density at radius 1 is 0.269 bits per heavy atom. The molecule has 6 nitrogen and oxygen atoms in total. The lowest BCUT2D eigenvalue weighted by molar-refractivity contribution is -0.167. The average molecular weight is 1080 g/mol. The Kier molecular flexibility index (Phi) is 61.8. The van der Waals surface area contributed by atoms with Gasteiger partial charge >= 0.3 is 17.9 Å². The molecule has 0 N–H and O–H groups in total. The molecule has 0 spiro atoms. The van der Waals surface area contributed by atoms with Crippen LogP contribution in [0.5, 0.6) is 0 Å². The maximum atomic E-state index is 12.9. The van der Waals surface area contributed by atoms with Gasteiger partial charge in [-0.05, 0) is 135 Å². The zero-order valence-corrected chi connectivity index (χ0v) is 50.9. The molecule has 0 rings (SSSR count). The van der Waals surface area contributed by atoms with Crippen LogP contribution in [0.15, 0.2) is 122 Å². The first-order valence-electron chi connectivity index (χ1n) is 32.5. The quantitative estimate of drug-likeness (QED) is 0.0261. The molecule has 0 aromatic rings. The molecule has 0 bridgehead atoms. The van der Waals surface area contributed by atoms with Crippen molar-refractivity contribution in [2.24, 2.45) is 0 Å². The number of allylic oxidation sites excluding steroid dienone is 20. The van der Waals surface area contributed by atoms with E-state index in [-0.39, 0.29) is 31.1 Å². The topological polar surface area (TPSA) is 78.9 Å². The molecule has 6 heteroatoms. The first kappa shape index (κ1) is 73.8. The molecular formula is C72H120O6. The van der Waals surface area contributed by atoms with Crippen LogP contribution in [0.3, 0.4) is 0 Å². The Labute approximate surface area is 482 Å². The summed E-state index contributed by atoms with van der Waals surface area (Å²) in [5.74, 6) is -0.918. The third-order valence-electron chi connectivity index (χ3n) is 13.7. The van der Waals surface area contributed by atoms with E-state index in [9.17, 15) is 14.4 Å². The molecule has 0 aliphatic heterocycles. The molecule has 0 aliphatic carbocycles. The van der Waals surface area contributed by atoms with Crippen molar-refractivity contribution in [2.45, 2.75) is 303 Å². The maximum Gasteiger partial charge on any atom is 0.306 e. The third-order valence-corrected chi connectivity index (χ3v) is 13.7. The van der Waals surface area contributed by atoms with E-state index >= 15 is 0 Å². The van der Waals surface area contributed by atoms with E-state index < -0.39 is 6.10 Å². The molecule has 78 heavy (non-hydrogen) atoms. The van der Waals surface area contributed by atoms with Gasteiger partial charge in [0.2, 0.25) is 0 Å². The Morgan fingerprint density at radius 3 is 0.821 bits per heavy atom. The lowest BCUT2D eigenvalue weighted by Crippen LogP contribution is -2.30. The summed E-state index contributed by atoms with van der Waals surface area (Å²) in [6.07, 6.45) is 90.5. The van der Waals surface area contributed by atoms with Crippen LogP contribution in [0.1, 0.15) is 297 Å². The molecule has 0 radical (unpaired) electrons. The summed E-state index contributed by atoms with van der Waals surface area (Å²) in [5.41, 5.74) is 0. The van der Waals surface area contributed by atoms with E-state index in [4.69, 9.17) is 14.2 Å². The van der Waals surface area contributed by atoms with Crippen molar-refractivity contribution < 1.29 is 28.6 Å². The standard InChI is InChI=1S/C72H120O6/c1-4-7-10-13-16-19-22-25-28-30-32-33-34-35-36-37-38-39-41-42-44-47-50-53-56-59-62-65-71(74)77-68-69(67-76-70(73)64-61-58-55-52-49-46-27-24-21-18-15-12-9-6-3)78-72(75)66-63-60-57-54-51-48-45-43-40-31-29-26-23-20-17-14-11-8-5-2/h7,10,16-17,19-20,24-29,32-33,35-36,38-39,42,44,69H,4-6,8-9,11-15,18,21-23,30-31,34,37,40-41,43,45-68H2,1-3H3/b10-7-,19-16-,20-17-,27-24-,28-25-,29-26-,33-32-,36-35-,39-38-,44-42-. The second-order valence-corrected chi connectivity index (χ2v) is 21.3. The van der Waals surface area contributed by atoms with Crippen molar-refractivity contribution in [3.8, 4) is 0 Å². The third kappa shape index (κ3) is 62.7. The summed E-state index contributed by atoms with van der Waals surface area (Å²) in [4.78, 5) is 38.3. The van der Waals surface area contributed by atoms with Gasteiger partial charge < -0.3 is 14.2 Å². The summed E-state index contributed by atoms with van der Waals surface area (Å²) in [6.45, 7) is 6.48. The Hall–Kier alpha value is -4.19. The van der Waals surface area contributed by atoms with Crippen LogP contribution in [-0.4, -0.2) is 37.2 Å². The van der Waals surface area contributed by atoms with E-state index in [1.165, 1.54) is 122 Å². The van der Waals surface area contributed by atoms with E-state index in [0.29, 0.717) is 19.3 Å². The smallest absolute Gasteiger partial charge is 0.306 e. The van der Waals surface area contributed by atoms with Crippen LogP contribution >= 0.6 is 0 Å². The molecule has 0 aromatic carbocycles. The normalized spacial score (nSPS) is 12.9. The van der Waals surface area contributed by atoms with E-state index in [2.05, 4.69) is 142 Å². The zero-order chi connectivity index (χ0) is 56.4. The monoisotopic (exact) mass is 1080 g/mol. The van der Waals surface area contributed by atoms with Crippen molar-refractivity contribution in [1.82, 2.24) is 0 Å². The average Bonchev–Trinajstić information content (AvgIpc) is 3.44. The van der Waals surface area contributed by atoms with Gasteiger partial charge in [-0.1, -0.05) is 264 Å². The number of esters is 3. The van der Waals surface area contributed by atoms with Gasteiger partial charge in [-0.3, -0.25) is 14.4 Å². The van der Waals surface area contributed by atoms with Gasteiger partial charge in [0.15, 0.2) is 6.10 Å². The predicted molar refractivity (Wildman–Crippen MR) is 339 cm³/mol. The molecule has 0 fully saturated rings. The molecule has 0 saturated carbocycles. The largest absolute Gasteiger partial charge is 0.462 e. The minimum Gasteiger partial charge on any atom is -0.462 e. The van der Waals surface area contributed by atoms with Gasteiger partial charge in [0.05, 0.1) is 0 Å². The van der Waals surface area contributed by atoms with Crippen LogP contribution in [0.25, 0.3) is 0 Å². The molecule has 0 amide bonds. The van der Waals surface area contributed by atoms with Gasteiger partial charge in [-0.25, -0.2) is 0 Å². The van der Waals surface area contributed by atoms with Crippen molar-refractivity contribution >= 4 is 17.9 Å². The number of carbonyl (C=O) groups is 3. The summed E-state index contributed by atoms with van der Waals surface area (Å²) in [6, 6.07) is 0. The minimum absolute atomic E-state index is 0.0918. The highest BCUT2D eigenvalue weighted by Crippen LogP contribution is 2.15. The van der Waals surface area contributed by atoms with Crippen molar-refractivity contribution in [2.75, 3.05) is 13.2 Å². The number of rotatable bonds is 58. The molecule has 1 atom stereocenters. The van der Waals surface area contributed by atoms with Gasteiger partial charge in [0.1, 0.15) is 13.2 Å². The summed E-state index contributed by atoms with van der Waals surface area (Å²) in [7, 11) is 0. The number of carbonyl (C=O) groups excluding carboxylic acids is 3. The van der Waals surface area contributed by atoms with Crippen LogP contribution < -0.4 is 0 Å². The second-order valence-electron chi connectivity index (χ2n) is 21.3. The molecule has 0 saturated heterocycles. The summed E-state index contributed by atoms with van der Waals surface area (Å²) < 4.78 is 16.9. The fourth-order valence-electron chi connectivity index (χ4n) is 8.80. The van der Waals surface area contributed by atoms with Crippen LogP contribution in [0.4, 0.5) is 0 Å². The predicted octanol–water partition coefficient (Wildman–Crippen LogP) is 22.4. The van der Waals surface area contributed by atoms with Crippen molar-refractivity contribution in [1.29, 1.82) is 0 Å². The van der Waals surface area contributed by atoms with Gasteiger partial charge in [-0.15, -0.1) is 0 Å². The van der Waals surface area contributed by atoms with E-state index in [1.807, 2.05) is 0 Å². The first-order chi connectivity index (χ1) is 38.5. The molecule has 0 aliphatic rings. The number of unbranched alkanes of at least 4 members (excludes halogenated alkanes) is 27. The van der Waals surface area contributed by atoms with Gasteiger partial charge in [-0.2, -0.15) is 0 Å². The highest BCUT2D eigenvalue weighted by atomic mass is 16.6. The molecule has 0 aromatic heterocycles. The van der Waals surface area contributed by atoms with Crippen molar-refractivity contribution in [3.05, 3.63) is 122 Å². The number of hydrogen-bond acceptors (Lipinski definition) is 6. The van der Waals surface area contributed by atoms with Crippen LogP contribution in [0, 0.1) is 0 Å². The Morgan fingerprint density at radius 2 is 0.500 bits per heavy atom. The SMILES string of the molecule is CC/C=C\C/C=C\C/C=C\C/C=C\C/C=C\C/C=C\C/C=C\CCCCCCCC(=O)OCC(COC(=O)CCCCCCC/C=C\CCCCCCC)OC(=O)CCCCCCCCCCC/C=C\C/C=C\CCCCC. The lowest BCUT2D eigenvalue weighted by Gasteiger charge is -2.18. The maximum absolute atomic E-state index is 12.9. The number of hydrogen-bond donors (Lipinski definition) is 0. The minimum atomic E-state index is -0.796. The fraction of sp³-hybridized carbons (Fsp3) is 0.681. The summed E-state index contributed by atoms with van der Waals surface area (Å²) >= 11 is 0. The Balaban J connectivity index is 4.41. The number of ether oxygens (including phenoxy) is 3. The highest BCUT2D eigenvalue weighted by Gasteiger charge is 2.19. The zero-order valence-electron chi connectivity index (χ0n) is 50.9. The van der Waals surface area contributed by atoms with E-state index in [1.54, 1.807) is 0 Å². The molecule has 1 unspecified atom stereocenters. The van der Waals surface area contributed by atoms with E-state index in [0.717, 1.165) is 135 Å². The highest BCUT2D eigenvalue weighted by molar-refractivity contribution is 5.71. The fourth-order valence-corrected chi connectivity index (χ4v) is 8.80. The van der Waals surface area contributed by atoms with Crippen molar-refractivity contribution in [3.63, 3.8) is 0 Å². The van der Waals surface area contributed by atoms with Gasteiger partial charge in [0, 0.05) is 19.3 Å². The molecule has 0 heterocycles. The van der Waals surface area contributed by atoms with Crippen LogP contribution in [0.2, 0.25) is 0 Å².